The molecule has 0 bridgehead atoms. The van der Waals surface area contributed by atoms with Crippen molar-refractivity contribution in [2.75, 3.05) is 18.4 Å². The third-order valence-corrected chi connectivity index (χ3v) is 4.01. The van der Waals surface area contributed by atoms with Crippen LogP contribution in [0.4, 0.5) is 5.69 Å². The summed E-state index contributed by atoms with van der Waals surface area (Å²) in [6.45, 7) is 5.34. The van der Waals surface area contributed by atoms with E-state index >= 15 is 0 Å². The zero-order valence-corrected chi connectivity index (χ0v) is 13.7. The third kappa shape index (κ3) is 3.44. The molecular formula is C15H20N6O3. The lowest BCUT2D eigenvalue weighted by Gasteiger charge is -2.30. The number of amides is 2. The van der Waals surface area contributed by atoms with E-state index in [1.165, 1.54) is 11.1 Å². The molecule has 2 aromatic rings. The number of carbonyl (C=O) groups is 2. The fraction of sp³-hybridized carbons (Fsp3) is 0.533. The lowest BCUT2D eigenvalue weighted by Crippen LogP contribution is -2.44. The normalized spacial score (nSPS) is 17.8. The Labute approximate surface area is 139 Å². The van der Waals surface area contributed by atoms with E-state index in [0.717, 1.165) is 12.8 Å². The number of hydrogen-bond donors (Lipinski definition) is 1. The molecule has 1 N–H and O–H groups in total. The van der Waals surface area contributed by atoms with Crippen molar-refractivity contribution in [3.63, 3.8) is 0 Å². The molecule has 1 atom stereocenters. The van der Waals surface area contributed by atoms with Crippen LogP contribution < -0.4 is 5.32 Å². The van der Waals surface area contributed by atoms with Crippen molar-refractivity contribution in [1.29, 1.82) is 0 Å². The molecule has 0 radical (unpaired) electrons. The Morgan fingerprint density at radius 1 is 1.46 bits per heavy atom. The minimum absolute atomic E-state index is 0.0282. The molecule has 0 unspecified atom stereocenters. The second-order valence-electron chi connectivity index (χ2n) is 5.81. The zero-order chi connectivity index (χ0) is 17.1. The van der Waals surface area contributed by atoms with Gasteiger partial charge in [0.15, 0.2) is 5.82 Å². The van der Waals surface area contributed by atoms with Gasteiger partial charge in [0.2, 0.25) is 5.89 Å². The third-order valence-electron chi connectivity index (χ3n) is 4.01. The molecule has 1 saturated heterocycles. The second kappa shape index (κ2) is 6.81. The number of nitrogens with one attached hydrogen (secondary N) is 1. The van der Waals surface area contributed by atoms with Gasteiger partial charge in [-0.3, -0.25) is 14.3 Å². The van der Waals surface area contributed by atoms with Crippen LogP contribution in [-0.4, -0.2) is 49.7 Å². The van der Waals surface area contributed by atoms with Gasteiger partial charge < -0.3 is 14.7 Å². The molecule has 9 heteroatoms. The quantitative estimate of drug-likeness (QED) is 0.838. The standard InChI is InChI=1S/C15H20N6O3/c1-3-21-9-12(7-16-21)18-13(22)15(23)20-6-4-5-11(8-20)14-17-10(2)19-24-14/h7,9,11H,3-6,8H2,1-2H3,(H,18,22)/t11-/m0/s1. The maximum absolute atomic E-state index is 12.4. The van der Waals surface area contributed by atoms with Gasteiger partial charge in [-0.2, -0.15) is 10.1 Å². The summed E-state index contributed by atoms with van der Waals surface area (Å²) in [5, 5.41) is 10.4. The molecule has 3 heterocycles. The topological polar surface area (TPSA) is 106 Å². The molecule has 0 aliphatic carbocycles. The predicted molar refractivity (Wildman–Crippen MR) is 84.1 cm³/mol. The summed E-state index contributed by atoms with van der Waals surface area (Å²) in [6.07, 6.45) is 4.86. The number of carbonyl (C=O) groups excluding carboxylic acids is 2. The molecule has 0 spiro atoms. The summed E-state index contributed by atoms with van der Waals surface area (Å²) in [7, 11) is 0. The molecule has 24 heavy (non-hydrogen) atoms. The lowest BCUT2D eigenvalue weighted by molar-refractivity contribution is -0.144. The molecule has 2 amide bonds. The van der Waals surface area contributed by atoms with Gasteiger partial charge in [-0.25, -0.2) is 0 Å². The van der Waals surface area contributed by atoms with Crippen LogP contribution in [0.2, 0.25) is 0 Å². The first-order chi connectivity index (χ1) is 11.6. The maximum Gasteiger partial charge on any atom is 0.313 e. The molecule has 1 aliphatic heterocycles. The van der Waals surface area contributed by atoms with Gasteiger partial charge in [-0.05, 0) is 26.7 Å². The van der Waals surface area contributed by atoms with Crippen molar-refractivity contribution in [2.45, 2.75) is 39.2 Å². The Morgan fingerprint density at radius 3 is 2.96 bits per heavy atom. The van der Waals surface area contributed by atoms with Crippen molar-refractivity contribution < 1.29 is 14.1 Å². The number of aryl methyl sites for hydroxylation is 2. The minimum Gasteiger partial charge on any atom is -0.339 e. The first kappa shape index (κ1) is 16.2. The fourth-order valence-electron chi connectivity index (χ4n) is 2.77. The van der Waals surface area contributed by atoms with E-state index in [1.807, 2.05) is 6.92 Å². The van der Waals surface area contributed by atoms with Crippen molar-refractivity contribution >= 4 is 17.5 Å². The van der Waals surface area contributed by atoms with Gasteiger partial charge in [0.1, 0.15) is 0 Å². The highest BCUT2D eigenvalue weighted by atomic mass is 16.5. The molecule has 3 rings (SSSR count). The van der Waals surface area contributed by atoms with E-state index in [0.29, 0.717) is 37.0 Å². The Balaban J connectivity index is 1.62. The molecule has 1 aliphatic rings. The van der Waals surface area contributed by atoms with E-state index < -0.39 is 11.8 Å². The molecule has 128 valence electrons. The zero-order valence-electron chi connectivity index (χ0n) is 13.7. The van der Waals surface area contributed by atoms with Crippen molar-refractivity contribution in [3.8, 4) is 0 Å². The molecule has 9 nitrogen and oxygen atoms in total. The Hall–Kier alpha value is -2.71. The van der Waals surface area contributed by atoms with Crippen molar-refractivity contribution in [1.82, 2.24) is 24.8 Å². The number of rotatable bonds is 3. The fourth-order valence-corrected chi connectivity index (χ4v) is 2.77. The van der Waals surface area contributed by atoms with E-state index in [-0.39, 0.29) is 5.92 Å². The number of nitrogens with zero attached hydrogens (tertiary/aromatic N) is 5. The Bertz CT molecular complexity index is 737. The highest BCUT2D eigenvalue weighted by molar-refractivity contribution is 6.39. The lowest BCUT2D eigenvalue weighted by atomic mass is 9.98. The number of aromatic nitrogens is 4. The van der Waals surface area contributed by atoms with Gasteiger partial charge in [0.05, 0.1) is 17.8 Å². The summed E-state index contributed by atoms with van der Waals surface area (Å²) < 4.78 is 6.87. The molecule has 0 aromatic carbocycles. The summed E-state index contributed by atoms with van der Waals surface area (Å²) >= 11 is 0. The van der Waals surface area contributed by atoms with Crippen LogP contribution in [-0.2, 0) is 16.1 Å². The summed E-state index contributed by atoms with van der Waals surface area (Å²) in [5.74, 6) is -0.151. The maximum atomic E-state index is 12.4. The Kier molecular flexibility index (Phi) is 4.59. The van der Waals surface area contributed by atoms with Gasteiger partial charge in [-0.1, -0.05) is 5.16 Å². The average molecular weight is 332 g/mol. The average Bonchev–Trinajstić information content (AvgIpc) is 3.23. The van der Waals surface area contributed by atoms with E-state index in [9.17, 15) is 9.59 Å². The monoisotopic (exact) mass is 332 g/mol. The molecule has 0 saturated carbocycles. The van der Waals surface area contributed by atoms with Gasteiger partial charge in [0.25, 0.3) is 0 Å². The number of piperidine rings is 1. The van der Waals surface area contributed by atoms with Crippen LogP contribution >= 0.6 is 0 Å². The van der Waals surface area contributed by atoms with Crippen molar-refractivity contribution in [2.24, 2.45) is 0 Å². The summed E-state index contributed by atoms with van der Waals surface area (Å²) in [6, 6.07) is 0. The first-order valence-electron chi connectivity index (χ1n) is 7.99. The van der Waals surface area contributed by atoms with Gasteiger partial charge >= 0.3 is 11.8 Å². The SMILES string of the molecule is CCn1cc(NC(=O)C(=O)N2CCC[C@H](c3nc(C)no3)C2)cn1. The Morgan fingerprint density at radius 2 is 2.29 bits per heavy atom. The van der Waals surface area contributed by atoms with Crippen LogP contribution in [0.1, 0.15) is 37.4 Å². The number of hydrogen-bond acceptors (Lipinski definition) is 6. The largest absolute Gasteiger partial charge is 0.339 e. The van der Waals surface area contributed by atoms with Gasteiger partial charge in [-0.15, -0.1) is 0 Å². The van der Waals surface area contributed by atoms with E-state index in [1.54, 1.807) is 17.8 Å². The number of anilines is 1. The predicted octanol–water partition coefficient (Wildman–Crippen LogP) is 0.939. The molecule has 2 aromatic heterocycles. The van der Waals surface area contributed by atoms with E-state index in [2.05, 4.69) is 20.6 Å². The van der Waals surface area contributed by atoms with E-state index in [4.69, 9.17) is 4.52 Å². The van der Waals surface area contributed by atoms with Crippen LogP contribution in [0.5, 0.6) is 0 Å². The van der Waals surface area contributed by atoms with Gasteiger partial charge in [0, 0.05) is 25.8 Å². The van der Waals surface area contributed by atoms with Crippen LogP contribution in [0.3, 0.4) is 0 Å². The van der Waals surface area contributed by atoms with Crippen LogP contribution in [0.15, 0.2) is 16.9 Å². The van der Waals surface area contributed by atoms with Crippen molar-refractivity contribution in [3.05, 3.63) is 24.1 Å². The second-order valence-corrected chi connectivity index (χ2v) is 5.81. The highest BCUT2D eigenvalue weighted by Crippen LogP contribution is 2.25. The van der Waals surface area contributed by atoms with Crippen LogP contribution in [0, 0.1) is 6.92 Å². The smallest absolute Gasteiger partial charge is 0.313 e. The summed E-state index contributed by atoms with van der Waals surface area (Å²) in [5.41, 5.74) is 0.510. The number of likely N-dealkylation sites (tertiary alicyclic amines) is 1. The molecule has 1 fully saturated rings. The summed E-state index contributed by atoms with van der Waals surface area (Å²) in [4.78, 5) is 30.3. The van der Waals surface area contributed by atoms with Crippen LogP contribution in [0.25, 0.3) is 0 Å². The highest BCUT2D eigenvalue weighted by Gasteiger charge is 2.31. The minimum atomic E-state index is -0.659. The molecular weight excluding hydrogens is 312 g/mol. The first-order valence-corrected chi connectivity index (χ1v) is 7.99.